The average molecular weight is 422 g/mol. The van der Waals surface area contributed by atoms with E-state index in [0.29, 0.717) is 38.8 Å². The van der Waals surface area contributed by atoms with Gasteiger partial charge in [-0.2, -0.15) is 0 Å². The van der Waals surface area contributed by atoms with Crippen LogP contribution in [-0.2, 0) is 20.8 Å². The Morgan fingerprint density at radius 3 is 1.97 bits per heavy atom. The van der Waals surface area contributed by atoms with Crippen LogP contribution >= 0.6 is 0 Å². The lowest BCUT2D eigenvalue weighted by Gasteiger charge is -2.23. The molecule has 0 aliphatic heterocycles. The number of nitrogens with one attached hydrogen (secondary N) is 2. The summed E-state index contributed by atoms with van der Waals surface area (Å²) in [6.07, 6.45) is 3.67. The van der Waals surface area contributed by atoms with Gasteiger partial charge in [0.2, 0.25) is 11.8 Å². The van der Waals surface area contributed by atoms with E-state index in [-0.39, 0.29) is 12.8 Å². The Labute approximate surface area is 177 Å². The van der Waals surface area contributed by atoms with Crippen molar-refractivity contribution in [2.75, 3.05) is 13.1 Å². The highest BCUT2D eigenvalue weighted by Crippen LogP contribution is 2.07. The molecule has 1 aromatic carbocycles. The van der Waals surface area contributed by atoms with E-state index in [1.165, 1.54) is 0 Å². The first-order valence-corrected chi connectivity index (χ1v) is 10.4. The van der Waals surface area contributed by atoms with Crippen LogP contribution in [0.15, 0.2) is 30.3 Å². The van der Waals surface area contributed by atoms with Crippen LogP contribution in [0.4, 0.5) is 0 Å². The summed E-state index contributed by atoms with van der Waals surface area (Å²) >= 11 is 0. The molecule has 0 aliphatic carbocycles. The molecule has 30 heavy (non-hydrogen) atoms. The monoisotopic (exact) mass is 421 g/mol. The van der Waals surface area contributed by atoms with Gasteiger partial charge in [0, 0.05) is 6.42 Å². The van der Waals surface area contributed by atoms with E-state index in [9.17, 15) is 19.5 Å². The van der Waals surface area contributed by atoms with Crippen LogP contribution in [0, 0.1) is 0 Å². The molecule has 0 aliphatic rings. The minimum atomic E-state index is -1.12. The molecule has 2 amide bonds. The van der Waals surface area contributed by atoms with Gasteiger partial charge in [0.15, 0.2) is 0 Å². The van der Waals surface area contributed by atoms with Crippen molar-refractivity contribution >= 4 is 17.8 Å². The summed E-state index contributed by atoms with van der Waals surface area (Å²) in [6.45, 7) is 0.975. The Hall–Kier alpha value is -2.49. The molecule has 168 valence electrons. The van der Waals surface area contributed by atoms with E-state index in [1.807, 2.05) is 30.3 Å². The molecule has 3 unspecified atom stereocenters. The Balaban J connectivity index is 2.83. The van der Waals surface area contributed by atoms with E-state index >= 15 is 0 Å². The van der Waals surface area contributed by atoms with Gasteiger partial charge in [-0.15, -0.1) is 0 Å². The molecule has 0 saturated carbocycles. The third-order valence-electron chi connectivity index (χ3n) is 4.78. The number of unbranched alkanes of at least 4 members (excludes halogenated alkanes) is 2. The van der Waals surface area contributed by atoms with Crippen molar-refractivity contribution in [2.24, 2.45) is 17.2 Å². The second kappa shape index (κ2) is 14.5. The van der Waals surface area contributed by atoms with Gasteiger partial charge in [-0.3, -0.25) is 9.59 Å². The van der Waals surface area contributed by atoms with Crippen LogP contribution in [0.2, 0.25) is 0 Å². The molecule has 9 N–H and O–H groups in total. The van der Waals surface area contributed by atoms with Crippen LogP contribution in [-0.4, -0.2) is 54.1 Å². The normalized spacial score (nSPS) is 13.8. The molecule has 0 heterocycles. The Kier molecular flexibility index (Phi) is 12.3. The molecule has 0 bridgehead atoms. The lowest BCUT2D eigenvalue weighted by molar-refractivity contribution is -0.142. The minimum absolute atomic E-state index is 0.225. The predicted molar refractivity (Wildman–Crippen MR) is 115 cm³/mol. The number of carboxylic acid groups (broad SMARTS) is 1. The highest BCUT2D eigenvalue weighted by Gasteiger charge is 2.27. The fourth-order valence-corrected chi connectivity index (χ4v) is 3.00. The Morgan fingerprint density at radius 1 is 0.833 bits per heavy atom. The summed E-state index contributed by atoms with van der Waals surface area (Å²) in [6, 6.07) is 6.45. The maximum absolute atomic E-state index is 12.8. The van der Waals surface area contributed by atoms with E-state index in [0.717, 1.165) is 12.0 Å². The summed E-state index contributed by atoms with van der Waals surface area (Å²) in [5.41, 5.74) is 17.7. The highest BCUT2D eigenvalue weighted by molar-refractivity contribution is 5.91. The SMILES string of the molecule is NCCCCC(N)C(=O)NC(Cc1ccccc1)C(=O)NC(CCCCN)C(=O)O. The van der Waals surface area contributed by atoms with Crippen molar-refractivity contribution in [2.45, 2.75) is 63.1 Å². The second-order valence-electron chi connectivity index (χ2n) is 7.33. The van der Waals surface area contributed by atoms with Gasteiger partial charge in [-0.1, -0.05) is 36.8 Å². The fraction of sp³-hybridized carbons (Fsp3) is 0.571. The minimum Gasteiger partial charge on any atom is -0.480 e. The van der Waals surface area contributed by atoms with Gasteiger partial charge in [0.1, 0.15) is 12.1 Å². The Bertz CT molecular complexity index is 656. The summed E-state index contributed by atoms with van der Waals surface area (Å²) < 4.78 is 0. The highest BCUT2D eigenvalue weighted by atomic mass is 16.4. The molecule has 0 radical (unpaired) electrons. The number of hydrogen-bond acceptors (Lipinski definition) is 6. The smallest absolute Gasteiger partial charge is 0.326 e. The maximum Gasteiger partial charge on any atom is 0.326 e. The van der Waals surface area contributed by atoms with Crippen molar-refractivity contribution in [3.8, 4) is 0 Å². The van der Waals surface area contributed by atoms with E-state index < -0.39 is 35.9 Å². The molecular formula is C21H35N5O4. The van der Waals surface area contributed by atoms with Gasteiger partial charge < -0.3 is 32.9 Å². The first kappa shape index (κ1) is 25.5. The van der Waals surface area contributed by atoms with Gasteiger partial charge in [0.25, 0.3) is 0 Å². The van der Waals surface area contributed by atoms with Crippen LogP contribution in [0.1, 0.15) is 44.1 Å². The lowest BCUT2D eigenvalue weighted by Crippen LogP contribution is -2.55. The zero-order chi connectivity index (χ0) is 22.4. The second-order valence-corrected chi connectivity index (χ2v) is 7.33. The summed E-state index contributed by atoms with van der Waals surface area (Å²) in [7, 11) is 0. The number of rotatable bonds is 15. The van der Waals surface area contributed by atoms with Crippen LogP contribution in [0.3, 0.4) is 0 Å². The van der Waals surface area contributed by atoms with Crippen molar-refractivity contribution in [1.29, 1.82) is 0 Å². The summed E-state index contributed by atoms with van der Waals surface area (Å²) in [5.74, 6) is -2.12. The van der Waals surface area contributed by atoms with Crippen LogP contribution < -0.4 is 27.8 Å². The lowest BCUT2D eigenvalue weighted by atomic mass is 10.0. The number of nitrogens with two attached hydrogens (primary N) is 3. The first-order valence-electron chi connectivity index (χ1n) is 10.4. The predicted octanol–water partition coefficient (Wildman–Crippen LogP) is -0.131. The Morgan fingerprint density at radius 2 is 1.40 bits per heavy atom. The topological polar surface area (TPSA) is 174 Å². The number of carboxylic acids is 1. The standard InChI is InChI=1S/C21H35N5O4/c22-12-6-4-10-16(24)19(27)26-18(14-15-8-2-1-3-9-15)20(28)25-17(21(29)30)11-5-7-13-23/h1-3,8-9,16-18H,4-7,10-14,22-24H2,(H,25,28)(H,26,27)(H,29,30). The van der Waals surface area contributed by atoms with Crippen molar-refractivity contribution < 1.29 is 19.5 Å². The van der Waals surface area contributed by atoms with Gasteiger partial charge in [-0.25, -0.2) is 4.79 Å². The molecule has 1 rings (SSSR count). The van der Waals surface area contributed by atoms with Crippen LogP contribution in [0.25, 0.3) is 0 Å². The molecule has 9 heteroatoms. The number of carbonyl (C=O) groups is 3. The van der Waals surface area contributed by atoms with Crippen molar-refractivity contribution in [3.05, 3.63) is 35.9 Å². The van der Waals surface area contributed by atoms with Gasteiger partial charge >= 0.3 is 5.97 Å². The third kappa shape index (κ3) is 9.82. The van der Waals surface area contributed by atoms with Gasteiger partial charge in [0.05, 0.1) is 6.04 Å². The number of hydrogen-bond donors (Lipinski definition) is 6. The molecule has 0 spiro atoms. The molecule has 3 atom stereocenters. The van der Waals surface area contributed by atoms with Crippen LogP contribution in [0.5, 0.6) is 0 Å². The number of amides is 2. The quantitative estimate of drug-likeness (QED) is 0.214. The molecule has 0 saturated heterocycles. The number of benzene rings is 1. The number of carbonyl (C=O) groups excluding carboxylic acids is 2. The number of aliphatic carboxylic acids is 1. The first-order chi connectivity index (χ1) is 14.4. The zero-order valence-electron chi connectivity index (χ0n) is 17.4. The summed E-state index contributed by atoms with van der Waals surface area (Å²) in [5, 5.41) is 14.6. The summed E-state index contributed by atoms with van der Waals surface area (Å²) in [4.78, 5) is 36.9. The van der Waals surface area contributed by atoms with E-state index in [1.54, 1.807) is 0 Å². The fourth-order valence-electron chi connectivity index (χ4n) is 3.00. The zero-order valence-corrected chi connectivity index (χ0v) is 17.4. The van der Waals surface area contributed by atoms with Crippen molar-refractivity contribution in [1.82, 2.24) is 10.6 Å². The van der Waals surface area contributed by atoms with E-state index in [4.69, 9.17) is 17.2 Å². The maximum atomic E-state index is 12.8. The molecule has 9 nitrogen and oxygen atoms in total. The molecular weight excluding hydrogens is 386 g/mol. The third-order valence-corrected chi connectivity index (χ3v) is 4.78. The molecule has 0 fully saturated rings. The van der Waals surface area contributed by atoms with E-state index in [2.05, 4.69) is 10.6 Å². The van der Waals surface area contributed by atoms with Crippen molar-refractivity contribution in [3.63, 3.8) is 0 Å². The molecule has 0 aromatic heterocycles. The van der Waals surface area contributed by atoms with Gasteiger partial charge in [-0.05, 0) is 50.8 Å². The average Bonchev–Trinajstić information content (AvgIpc) is 2.73. The molecule has 1 aromatic rings. The largest absolute Gasteiger partial charge is 0.480 e.